The molecule has 7 heteroatoms. The molecule has 0 radical (unpaired) electrons. The molecule has 0 bridgehead atoms. The van der Waals surface area contributed by atoms with Gasteiger partial charge < -0.3 is 4.90 Å². The van der Waals surface area contributed by atoms with Gasteiger partial charge in [-0.25, -0.2) is 13.1 Å². The number of benzene rings is 1. The average Bonchev–Trinajstić information content (AvgIpc) is 2.80. The third kappa shape index (κ3) is 3.72. The minimum absolute atomic E-state index is 0.00347. The number of hydrogen-bond donors (Lipinski definition) is 1. The molecule has 2 amide bonds. The van der Waals surface area contributed by atoms with Gasteiger partial charge in [-0.3, -0.25) is 9.59 Å². The third-order valence-corrected chi connectivity index (χ3v) is 5.51. The summed E-state index contributed by atoms with van der Waals surface area (Å²) in [6, 6.07) is 4.92. The lowest BCUT2D eigenvalue weighted by Crippen LogP contribution is -2.38. The molecule has 126 valence electrons. The van der Waals surface area contributed by atoms with Crippen molar-refractivity contribution in [1.29, 1.82) is 0 Å². The van der Waals surface area contributed by atoms with E-state index in [9.17, 15) is 18.0 Å². The van der Waals surface area contributed by atoms with E-state index < -0.39 is 21.8 Å². The number of amides is 2. The first-order valence-electron chi connectivity index (χ1n) is 7.55. The number of rotatable bonds is 4. The maximum Gasteiger partial charge on any atom is 0.264 e. The summed E-state index contributed by atoms with van der Waals surface area (Å²) < 4.78 is 26.9. The summed E-state index contributed by atoms with van der Waals surface area (Å²) >= 11 is 0. The van der Waals surface area contributed by atoms with E-state index in [1.807, 2.05) is 20.8 Å². The minimum atomic E-state index is -3.93. The molecule has 0 aromatic heterocycles. The molecule has 1 saturated heterocycles. The molecule has 1 N–H and O–H groups in total. The van der Waals surface area contributed by atoms with Crippen molar-refractivity contribution in [1.82, 2.24) is 9.62 Å². The van der Waals surface area contributed by atoms with Crippen LogP contribution >= 0.6 is 0 Å². The Morgan fingerprint density at radius 1 is 1.30 bits per heavy atom. The van der Waals surface area contributed by atoms with Gasteiger partial charge in [-0.05, 0) is 39.3 Å². The van der Waals surface area contributed by atoms with Gasteiger partial charge in [0.25, 0.3) is 10.0 Å². The number of hydrogen-bond acceptors (Lipinski definition) is 4. The van der Waals surface area contributed by atoms with Gasteiger partial charge in [0.05, 0.1) is 10.8 Å². The number of aryl methyl sites for hydroxylation is 2. The standard InChI is InChI=1S/C16H22N2O4S/c1-10(2)18-9-13(8-15(18)19)16(20)17-23(21,22)14-6-5-11(3)7-12(14)4/h5-7,10,13H,8-9H2,1-4H3,(H,17,20)/t13-/m0/s1. The smallest absolute Gasteiger partial charge is 0.264 e. The topological polar surface area (TPSA) is 83.5 Å². The fourth-order valence-corrected chi connectivity index (χ4v) is 4.05. The summed E-state index contributed by atoms with van der Waals surface area (Å²) in [4.78, 5) is 25.8. The van der Waals surface area contributed by atoms with Gasteiger partial charge in [0, 0.05) is 19.0 Å². The van der Waals surface area contributed by atoms with Crippen LogP contribution in [0.3, 0.4) is 0 Å². The highest BCUT2D eigenvalue weighted by molar-refractivity contribution is 7.90. The van der Waals surface area contributed by atoms with E-state index in [4.69, 9.17) is 0 Å². The predicted octanol–water partition coefficient (Wildman–Crippen LogP) is 1.37. The van der Waals surface area contributed by atoms with E-state index in [1.165, 1.54) is 6.07 Å². The first-order valence-corrected chi connectivity index (χ1v) is 9.03. The summed E-state index contributed by atoms with van der Waals surface area (Å²) in [5.41, 5.74) is 1.53. The van der Waals surface area contributed by atoms with Crippen LogP contribution in [0.15, 0.2) is 23.1 Å². The zero-order valence-electron chi connectivity index (χ0n) is 13.8. The Balaban J connectivity index is 2.15. The van der Waals surface area contributed by atoms with E-state index in [2.05, 4.69) is 4.72 Å². The van der Waals surface area contributed by atoms with Crippen molar-refractivity contribution in [3.8, 4) is 0 Å². The Bertz CT molecular complexity index is 740. The van der Waals surface area contributed by atoms with Gasteiger partial charge in [0.15, 0.2) is 0 Å². The maximum atomic E-state index is 12.4. The number of carbonyl (C=O) groups excluding carboxylic acids is 2. The fraction of sp³-hybridized carbons (Fsp3) is 0.500. The van der Waals surface area contributed by atoms with Crippen LogP contribution in [0.2, 0.25) is 0 Å². The molecule has 1 aliphatic heterocycles. The van der Waals surface area contributed by atoms with Gasteiger partial charge >= 0.3 is 0 Å². The van der Waals surface area contributed by atoms with Crippen LogP contribution in [0.5, 0.6) is 0 Å². The highest BCUT2D eigenvalue weighted by Gasteiger charge is 2.37. The maximum absolute atomic E-state index is 12.4. The number of nitrogens with one attached hydrogen (secondary N) is 1. The monoisotopic (exact) mass is 338 g/mol. The second-order valence-corrected chi connectivity index (χ2v) is 7.93. The van der Waals surface area contributed by atoms with Crippen molar-refractivity contribution in [2.24, 2.45) is 5.92 Å². The van der Waals surface area contributed by atoms with Crippen LogP contribution in [0.25, 0.3) is 0 Å². The van der Waals surface area contributed by atoms with Gasteiger partial charge in [0.2, 0.25) is 11.8 Å². The van der Waals surface area contributed by atoms with Crippen molar-refractivity contribution in [3.05, 3.63) is 29.3 Å². The second kappa shape index (κ2) is 6.31. The lowest BCUT2D eigenvalue weighted by molar-refractivity contribution is -0.129. The van der Waals surface area contributed by atoms with Crippen LogP contribution < -0.4 is 4.72 Å². The van der Waals surface area contributed by atoms with E-state index in [0.29, 0.717) is 5.56 Å². The van der Waals surface area contributed by atoms with Crippen LogP contribution in [0.4, 0.5) is 0 Å². The molecule has 0 aliphatic carbocycles. The molecule has 0 saturated carbocycles. The molecule has 1 aromatic carbocycles. The zero-order chi connectivity index (χ0) is 17.4. The van der Waals surface area contributed by atoms with Gasteiger partial charge in [-0.1, -0.05) is 17.7 Å². The van der Waals surface area contributed by atoms with Crippen molar-refractivity contribution in [2.45, 2.75) is 45.1 Å². The number of carbonyl (C=O) groups is 2. The Morgan fingerprint density at radius 3 is 2.48 bits per heavy atom. The zero-order valence-corrected chi connectivity index (χ0v) is 14.6. The third-order valence-electron chi connectivity index (χ3n) is 4.01. The van der Waals surface area contributed by atoms with Crippen LogP contribution in [0.1, 0.15) is 31.4 Å². The normalized spacial score (nSPS) is 18.6. The molecule has 23 heavy (non-hydrogen) atoms. The molecule has 0 unspecified atom stereocenters. The highest BCUT2D eigenvalue weighted by atomic mass is 32.2. The summed E-state index contributed by atoms with van der Waals surface area (Å²) in [6.07, 6.45) is 0.0480. The molecule has 1 aliphatic rings. The van der Waals surface area contributed by atoms with E-state index in [1.54, 1.807) is 24.0 Å². The SMILES string of the molecule is Cc1ccc(S(=O)(=O)NC(=O)[C@H]2CC(=O)N(C(C)C)C2)c(C)c1. The molecular weight excluding hydrogens is 316 g/mol. The summed E-state index contributed by atoms with van der Waals surface area (Å²) in [6.45, 7) is 7.54. The average molecular weight is 338 g/mol. The number of nitrogens with zero attached hydrogens (tertiary/aromatic N) is 1. The second-order valence-electron chi connectivity index (χ2n) is 6.28. The summed E-state index contributed by atoms with van der Waals surface area (Å²) in [7, 11) is -3.93. The summed E-state index contributed by atoms with van der Waals surface area (Å²) in [5.74, 6) is -1.38. The Hall–Kier alpha value is -1.89. The Kier molecular flexibility index (Phi) is 4.79. The molecule has 1 fully saturated rings. The predicted molar refractivity (Wildman–Crippen MR) is 86.2 cm³/mol. The van der Waals surface area contributed by atoms with Gasteiger partial charge in [-0.2, -0.15) is 0 Å². The van der Waals surface area contributed by atoms with Crippen molar-refractivity contribution < 1.29 is 18.0 Å². The van der Waals surface area contributed by atoms with E-state index in [0.717, 1.165) is 5.56 Å². The van der Waals surface area contributed by atoms with Gasteiger partial charge in [-0.15, -0.1) is 0 Å². The van der Waals surface area contributed by atoms with Crippen LogP contribution in [0, 0.1) is 19.8 Å². The summed E-state index contributed by atoms with van der Waals surface area (Å²) in [5, 5.41) is 0. The van der Waals surface area contributed by atoms with Crippen molar-refractivity contribution in [3.63, 3.8) is 0 Å². The molecule has 1 heterocycles. The van der Waals surface area contributed by atoms with Gasteiger partial charge in [0.1, 0.15) is 0 Å². The lowest BCUT2D eigenvalue weighted by Gasteiger charge is -2.20. The molecular formula is C16H22N2O4S. The van der Waals surface area contributed by atoms with E-state index >= 15 is 0 Å². The molecule has 2 rings (SSSR count). The number of sulfonamides is 1. The van der Waals surface area contributed by atoms with E-state index in [-0.39, 0.29) is 29.8 Å². The molecule has 1 aromatic rings. The molecule has 1 atom stereocenters. The van der Waals surface area contributed by atoms with Crippen LogP contribution in [-0.2, 0) is 19.6 Å². The largest absolute Gasteiger partial charge is 0.339 e. The minimum Gasteiger partial charge on any atom is -0.339 e. The van der Waals surface area contributed by atoms with Crippen molar-refractivity contribution >= 4 is 21.8 Å². The Labute approximate surface area is 136 Å². The first kappa shape index (κ1) is 17.5. The lowest BCUT2D eigenvalue weighted by atomic mass is 10.1. The molecule has 0 spiro atoms. The quantitative estimate of drug-likeness (QED) is 0.898. The molecule has 6 nitrogen and oxygen atoms in total. The highest BCUT2D eigenvalue weighted by Crippen LogP contribution is 2.22. The van der Waals surface area contributed by atoms with Crippen molar-refractivity contribution in [2.75, 3.05) is 6.54 Å². The first-order chi connectivity index (χ1) is 10.6. The Morgan fingerprint density at radius 2 is 1.96 bits per heavy atom. The van der Waals surface area contributed by atoms with Crippen LogP contribution in [-0.4, -0.2) is 37.7 Å². The fourth-order valence-electron chi connectivity index (χ4n) is 2.78. The number of likely N-dealkylation sites (tertiary alicyclic amines) is 1.